The largest absolute Gasteiger partial charge is 0.481 e. The van der Waals surface area contributed by atoms with E-state index in [1.165, 1.54) is 12.8 Å². The summed E-state index contributed by atoms with van der Waals surface area (Å²) < 4.78 is 5.48. The highest BCUT2D eigenvalue weighted by Crippen LogP contribution is 2.33. The maximum absolute atomic E-state index is 10.8. The molecule has 0 aromatic carbocycles. The summed E-state index contributed by atoms with van der Waals surface area (Å²) in [5.74, 6) is 4.79. The van der Waals surface area contributed by atoms with Crippen molar-refractivity contribution < 1.29 is 29.2 Å². The van der Waals surface area contributed by atoms with Crippen LogP contribution in [-0.4, -0.2) is 35.9 Å². The number of methoxy groups -OCH3 is 1. The van der Waals surface area contributed by atoms with E-state index < -0.39 is 17.9 Å². The second-order valence-electron chi connectivity index (χ2n) is 7.64. The number of aliphatic carboxylic acids is 1. The highest BCUT2D eigenvalue weighted by Gasteiger charge is 2.38. The number of ketones is 1. The Hall–Kier alpha value is -1.68. The van der Waals surface area contributed by atoms with Crippen molar-refractivity contribution in [2.24, 2.45) is 0 Å². The van der Waals surface area contributed by atoms with Crippen LogP contribution in [0.15, 0.2) is 12.2 Å². The topological polar surface area (TPSA) is 82.1 Å². The molecule has 1 aliphatic rings. The van der Waals surface area contributed by atoms with Crippen LogP contribution in [0, 0.1) is 11.8 Å². The van der Waals surface area contributed by atoms with Gasteiger partial charge in [-0.25, -0.2) is 9.78 Å². The summed E-state index contributed by atoms with van der Waals surface area (Å²) >= 11 is 0. The Bertz CT molecular complexity index is 564. The van der Waals surface area contributed by atoms with Gasteiger partial charge < -0.3 is 14.6 Å². The predicted molar refractivity (Wildman–Crippen MR) is 111 cm³/mol. The summed E-state index contributed by atoms with van der Waals surface area (Å²) in [6, 6.07) is 0. The Labute approximate surface area is 174 Å². The van der Waals surface area contributed by atoms with Crippen LogP contribution in [0.5, 0.6) is 0 Å². The first-order valence-corrected chi connectivity index (χ1v) is 10.7. The molecule has 1 fully saturated rings. The van der Waals surface area contributed by atoms with Gasteiger partial charge in [-0.3, -0.25) is 4.79 Å². The SMILES string of the molecule is CO[C@@]1(CCCC#C/C=C/CCCCCCCC(C)=O)CC[C@@H](CC(=O)O)OO1. The van der Waals surface area contributed by atoms with Gasteiger partial charge in [0.15, 0.2) is 0 Å². The molecule has 1 aliphatic heterocycles. The maximum atomic E-state index is 10.8. The number of ether oxygens (including phenoxy) is 1. The monoisotopic (exact) mass is 408 g/mol. The summed E-state index contributed by atoms with van der Waals surface area (Å²) in [6.45, 7) is 1.65. The standard InChI is InChI=1S/C23H36O6/c1-20(24)15-13-11-9-7-5-3-4-6-8-10-12-14-17-23(27-2)18-16-21(28-29-23)19-22(25)26/h4,6,21H,3,5,7,9,11-19H2,1-2H3,(H,25,26)/b6-4+/t21-,23+/m0/s1. The third kappa shape index (κ3) is 12.5. The molecule has 0 spiro atoms. The molecular weight excluding hydrogens is 372 g/mol. The lowest BCUT2D eigenvalue weighted by Crippen LogP contribution is -2.42. The quantitative estimate of drug-likeness (QED) is 0.248. The Morgan fingerprint density at radius 2 is 1.97 bits per heavy atom. The van der Waals surface area contributed by atoms with Gasteiger partial charge in [0.25, 0.3) is 0 Å². The van der Waals surface area contributed by atoms with E-state index in [-0.39, 0.29) is 12.2 Å². The second kappa shape index (κ2) is 15.2. The van der Waals surface area contributed by atoms with Crippen molar-refractivity contribution in [3.63, 3.8) is 0 Å². The van der Waals surface area contributed by atoms with E-state index in [1.54, 1.807) is 14.0 Å². The number of allylic oxidation sites excluding steroid dienone is 2. The van der Waals surface area contributed by atoms with E-state index in [9.17, 15) is 9.59 Å². The van der Waals surface area contributed by atoms with E-state index in [0.717, 1.165) is 38.5 Å². The number of Topliss-reactive ketones (excluding diaryl/α,β-unsaturated/α-hetero) is 1. The minimum atomic E-state index is -0.892. The molecule has 29 heavy (non-hydrogen) atoms. The number of carboxylic acid groups (broad SMARTS) is 1. The zero-order valence-corrected chi connectivity index (χ0v) is 17.9. The van der Waals surface area contributed by atoms with E-state index in [4.69, 9.17) is 19.6 Å². The number of carbonyl (C=O) groups excluding carboxylic acids is 1. The van der Waals surface area contributed by atoms with Crippen LogP contribution in [0.3, 0.4) is 0 Å². The normalized spacial score (nSPS) is 21.7. The van der Waals surface area contributed by atoms with Crippen LogP contribution in [0.4, 0.5) is 0 Å². The Kier molecular flexibility index (Phi) is 13.3. The summed E-state index contributed by atoms with van der Waals surface area (Å²) in [5, 5.41) is 8.81. The number of hydrogen-bond acceptors (Lipinski definition) is 5. The summed E-state index contributed by atoms with van der Waals surface area (Å²) in [7, 11) is 1.58. The first-order chi connectivity index (χ1) is 14.0. The molecule has 0 bridgehead atoms. The van der Waals surface area contributed by atoms with Gasteiger partial charge in [0.05, 0.1) is 6.42 Å². The predicted octanol–water partition coefficient (Wildman–Crippen LogP) is 4.96. The van der Waals surface area contributed by atoms with Gasteiger partial charge in [-0.1, -0.05) is 37.2 Å². The summed E-state index contributed by atoms with van der Waals surface area (Å²) in [4.78, 5) is 32.2. The number of hydrogen-bond donors (Lipinski definition) is 1. The van der Waals surface area contributed by atoms with Crippen LogP contribution < -0.4 is 0 Å². The average molecular weight is 409 g/mol. The van der Waals surface area contributed by atoms with Crippen LogP contribution in [0.25, 0.3) is 0 Å². The molecule has 2 atom stereocenters. The number of rotatable bonds is 14. The van der Waals surface area contributed by atoms with Gasteiger partial charge in [-0.15, -0.1) is 0 Å². The molecule has 6 nitrogen and oxygen atoms in total. The lowest BCUT2D eigenvalue weighted by Gasteiger charge is -2.37. The van der Waals surface area contributed by atoms with E-state index >= 15 is 0 Å². The maximum Gasteiger partial charge on any atom is 0.306 e. The van der Waals surface area contributed by atoms with Gasteiger partial charge in [0.1, 0.15) is 11.9 Å². The minimum Gasteiger partial charge on any atom is -0.481 e. The van der Waals surface area contributed by atoms with E-state index in [1.807, 2.05) is 6.08 Å². The zero-order chi connectivity index (χ0) is 21.4. The Morgan fingerprint density at radius 3 is 2.62 bits per heavy atom. The fourth-order valence-corrected chi connectivity index (χ4v) is 3.25. The van der Waals surface area contributed by atoms with E-state index in [2.05, 4.69) is 17.9 Å². The highest BCUT2D eigenvalue weighted by atomic mass is 17.2. The number of unbranched alkanes of at least 4 members (excludes halogenated alkanes) is 6. The molecule has 1 N–H and O–H groups in total. The summed E-state index contributed by atoms with van der Waals surface area (Å²) in [6.07, 6.45) is 14.5. The summed E-state index contributed by atoms with van der Waals surface area (Å²) in [5.41, 5.74) is 0. The fourth-order valence-electron chi connectivity index (χ4n) is 3.25. The molecule has 0 amide bonds. The van der Waals surface area contributed by atoms with E-state index in [0.29, 0.717) is 25.7 Å². The third-order valence-corrected chi connectivity index (χ3v) is 5.02. The Morgan fingerprint density at radius 1 is 1.21 bits per heavy atom. The van der Waals surface area contributed by atoms with Crippen molar-refractivity contribution in [1.82, 2.24) is 0 Å². The van der Waals surface area contributed by atoms with Crippen molar-refractivity contribution in [2.45, 2.75) is 102 Å². The molecule has 0 aromatic rings. The zero-order valence-electron chi connectivity index (χ0n) is 17.9. The first-order valence-electron chi connectivity index (χ1n) is 10.7. The van der Waals surface area contributed by atoms with Crippen molar-refractivity contribution >= 4 is 11.8 Å². The van der Waals surface area contributed by atoms with Crippen LogP contribution in [0.1, 0.15) is 90.4 Å². The van der Waals surface area contributed by atoms with Gasteiger partial charge in [-0.05, 0) is 45.1 Å². The number of carbonyl (C=O) groups is 2. The third-order valence-electron chi connectivity index (χ3n) is 5.02. The van der Waals surface area contributed by atoms with Crippen molar-refractivity contribution in [3.05, 3.63) is 12.2 Å². The first kappa shape index (κ1) is 25.4. The van der Waals surface area contributed by atoms with Crippen LogP contribution in [0.2, 0.25) is 0 Å². The van der Waals surface area contributed by atoms with Gasteiger partial charge in [-0.2, -0.15) is 0 Å². The minimum absolute atomic E-state index is 0.0581. The molecular formula is C23H36O6. The van der Waals surface area contributed by atoms with Crippen molar-refractivity contribution in [2.75, 3.05) is 7.11 Å². The number of carboxylic acids is 1. The lowest BCUT2D eigenvalue weighted by molar-refractivity contribution is -0.466. The van der Waals surface area contributed by atoms with Crippen molar-refractivity contribution in [1.29, 1.82) is 0 Å². The molecule has 1 saturated heterocycles. The smallest absolute Gasteiger partial charge is 0.306 e. The van der Waals surface area contributed by atoms with Crippen molar-refractivity contribution in [3.8, 4) is 11.8 Å². The molecule has 1 heterocycles. The van der Waals surface area contributed by atoms with Gasteiger partial charge in [0, 0.05) is 32.8 Å². The molecule has 0 aliphatic carbocycles. The molecule has 6 heteroatoms. The fraction of sp³-hybridized carbons (Fsp3) is 0.739. The average Bonchev–Trinajstić information content (AvgIpc) is 2.69. The van der Waals surface area contributed by atoms with Gasteiger partial charge in [0.2, 0.25) is 5.79 Å². The second-order valence-corrected chi connectivity index (χ2v) is 7.64. The lowest BCUT2D eigenvalue weighted by atomic mass is 9.99. The Balaban J connectivity index is 2.08. The van der Waals surface area contributed by atoms with Gasteiger partial charge >= 0.3 is 5.97 Å². The highest BCUT2D eigenvalue weighted by molar-refractivity contribution is 5.75. The molecule has 0 aromatic heterocycles. The van der Waals surface area contributed by atoms with Crippen LogP contribution in [-0.2, 0) is 24.1 Å². The van der Waals surface area contributed by atoms with Crippen LogP contribution >= 0.6 is 0 Å². The molecule has 0 saturated carbocycles. The molecule has 1 rings (SSSR count). The molecule has 0 unspecified atom stereocenters. The molecule has 164 valence electrons. The molecule has 0 radical (unpaired) electrons.